The molecule has 1 aliphatic rings. The van der Waals surface area contributed by atoms with E-state index in [1.165, 1.54) is 22.3 Å². The number of nitrogens with zero attached hydrogens (tertiary/aromatic N) is 1. The summed E-state index contributed by atoms with van der Waals surface area (Å²) in [5.41, 5.74) is 7.86. The molecule has 1 heterocycles. The molecule has 136 valence electrons. The largest absolute Gasteiger partial charge is 0.318 e. The molecule has 0 fully saturated rings. The van der Waals surface area contributed by atoms with Crippen LogP contribution in [0.1, 0.15) is 34.2 Å². The number of ketones is 1. The number of carbonyl (C=O) groups is 1. The van der Waals surface area contributed by atoms with Gasteiger partial charge < -0.3 is 4.57 Å². The lowest BCUT2D eigenvalue weighted by Crippen LogP contribution is -2.19. The minimum Gasteiger partial charge on any atom is -0.318 e. The maximum absolute atomic E-state index is 12.1. The molecule has 3 nitrogen and oxygen atoms in total. The predicted molar refractivity (Wildman–Crippen MR) is 108 cm³/mol. The van der Waals surface area contributed by atoms with Crippen molar-refractivity contribution in [3.63, 3.8) is 0 Å². The molecule has 0 saturated heterocycles. The van der Waals surface area contributed by atoms with E-state index in [0.717, 1.165) is 29.5 Å². The first-order valence-corrected chi connectivity index (χ1v) is 9.39. The molecule has 2 aromatic carbocycles. The van der Waals surface area contributed by atoms with E-state index in [2.05, 4.69) is 24.3 Å². The third-order valence-corrected chi connectivity index (χ3v) is 5.41. The van der Waals surface area contributed by atoms with Gasteiger partial charge in [0.1, 0.15) is 5.78 Å². The number of Topliss-reactive ketones (excluding diaryl/α,β-unsaturated/α-hetero) is 1. The van der Waals surface area contributed by atoms with Gasteiger partial charge in [0.2, 0.25) is 0 Å². The Hall–Kier alpha value is -2.94. The molecule has 0 amide bonds. The van der Waals surface area contributed by atoms with E-state index >= 15 is 0 Å². The van der Waals surface area contributed by atoms with Gasteiger partial charge in [-0.3, -0.25) is 9.59 Å². The fraction of sp³-hybridized carbons (Fsp3) is 0.250. The summed E-state index contributed by atoms with van der Waals surface area (Å²) in [6, 6.07) is 16.7. The average molecular weight is 357 g/mol. The number of aromatic nitrogens is 1. The molecule has 1 aliphatic carbocycles. The van der Waals surface area contributed by atoms with Crippen LogP contribution in [0.4, 0.5) is 0 Å². The first-order chi connectivity index (χ1) is 13.0. The zero-order valence-corrected chi connectivity index (χ0v) is 15.8. The highest BCUT2D eigenvalue weighted by Gasteiger charge is 2.20. The molecule has 4 rings (SSSR count). The number of hydrogen-bond acceptors (Lipinski definition) is 2. The molecule has 3 aromatic rings. The smallest absolute Gasteiger partial charge is 0.253 e. The highest BCUT2D eigenvalue weighted by molar-refractivity contribution is 5.84. The summed E-state index contributed by atoms with van der Waals surface area (Å²) in [7, 11) is 1.79. The van der Waals surface area contributed by atoms with Gasteiger partial charge in [-0.2, -0.15) is 0 Å². The molecule has 0 N–H and O–H groups in total. The van der Waals surface area contributed by atoms with Gasteiger partial charge in [0, 0.05) is 31.6 Å². The fourth-order valence-corrected chi connectivity index (χ4v) is 3.98. The van der Waals surface area contributed by atoms with Crippen LogP contribution in [0.15, 0.2) is 59.5 Å². The lowest BCUT2D eigenvalue weighted by Gasteiger charge is -2.21. The number of rotatable bonds is 3. The van der Waals surface area contributed by atoms with Crippen molar-refractivity contribution in [2.24, 2.45) is 7.05 Å². The van der Waals surface area contributed by atoms with Crippen LogP contribution in [-0.4, -0.2) is 10.4 Å². The number of fused-ring (bicyclic) bond motifs is 1. The first-order valence-electron chi connectivity index (χ1n) is 9.39. The predicted octanol–water partition coefficient (Wildman–Crippen LogP) is 4.01. The summed E-state index contributed by atoms with van der Waals surface area (Å²) < 4.78 is 1.64. The van der Waals surface area contributed by atoms with E-state index in [1.807, 2.05) is 37.4 Å². The second-order valence-electron chi connectivity index (χ2n) is 7.48. The Morgan fingerprint density at radius 3 is 2.48 bits per heavy atom. The van der Waals surface area contributed by atoms with Crippen LogP contribution >= 0.6 is 0 Å². The highest BCUT2D eigenvalue weighted by Crippen LogP contribution is 2.31. The summed E-state index contributed by atoms with van der Waals surface area (Å²) in [5.74, 6) is 0.322. The molecule has 0 radical (unpaired) electrons. The summed E-state index contributed by atoms with van der Waals surface area (Å²) >= 11 is 0. The second-order valence-corrected chi connectivity index (χ2v) is 7.48. The van der Waals surface area contributed by atoms with Gasteiger partial charge in [0.15, 0.2) is 0 Å². The lowest BCUT2D eigenvalue weighted by molar-refractivity contribution is -0.118. The van der Waals surface area contributed by atoms with Crippen LogP contribution < -0.4 is 5.56 Å². The molecule has 0 atom stereocenters. The zero-order chi connectivity index (χ0) is 19.0. The van der Waals surface area contributed by atoms with Crippen molar-refractivity contribution in [3.8, 4) is 11.1 Å². The molecule has 0 unspecified atom stereocenters. The minimum atomic E-state index is 0.0341. The van der Waals surface area contributed by atoms with E-state index in [9.17, 15) is 9.59 Å². The molecule has 0 aliphatic heterocycles. The van der Waals surface area contributed by atoms with E-state index in [4.69, 9.17) is 0 Å². The van der Waals surface area contributed by atoms with Crippen LogP contribution in [0.3, 0.4) is 0 Å². The maximum atomic E-state index is 12.1. The Morgan fingerprint density at radius 2 is 1.74 bits per heavy atom. The summed E-state index contributed by atoms with van der Waals surface area (Å²) in [4.78, 5) is 24.1. The lowest BCUT2D eigenvalue weighted by atomic mass is 9.83. The molecule has 0 saturated carbocycles. The maximum Gasteiger partial charge on any atom is 0.253 e. The van der Waals surface area contributed by atoms with E-state index in [-0.39, 0.29) is 5.56 Å². The van der Waals surface area contributed by atoms with Crippen molar-refractivity contribution < 1.29 is 4.79 Å². The molecular formula is C24H23NO2. The Morgan fingerprint density at radius 1 is 0.963 bits per heavy atom. The third kappa shape index (κ3) is 3.50. The third-order valence-electron chi connectivity index (χ3n) is 5.41. The van der Waals surface area contributed by atoms with E-state index in [0.29, 0.717) is 18.6 Å². The van der Waals surface area contributed by atoms with Gasteiger partial charge in [-0.25, -0.2) is 0 Å². The van der Waals surface area contributed by atoms with Crippen LogP contribution in [0.5, 0.6) is 0 Å². The van der Waals surface area contributed by atoms with Crippen molar-refractivity contribution >= 4 is 5.78 Å². The first kappa shape index (κ1) is 17.5. The van der Waals surface area contributed by atoms with Crippen molar-refractivity contribution in [1.29, 1.82) is 0 Å². The number of hydrogen-bond donors (Lipinski definition) is 0. The summed E-state index contributed by atoms with van der Waals surface area (Å²) in [6.45, 7) is 1.85. The van der Waals surface area contributed by atoms with Gasteiger partial charge >= 0.3 is 0 Å². The van der Waals surface area contributed by atoms with Crippen molar-refractivity contribution in [1.82, 2.24) is 4.57 Å². The highest BCUT2D eigenvalue weighted by atomic mass is 16.1. The Bertz CT molecular complexity index is 1050. The summed E-state index contributed by atoms with van der Waals surface area (Å²) in [6.07, 6.45) is 4.67. The van der Waals surface area contributed by atoms with Gasteiger partial charge in [0.25, 0.3) is 5.56 Å². The Labute approximate surface area is 159 Å². The number of carbonyl (C=O) groups excluding carboxylic acids is 1. The van der Waals surface area contributed by atoms with Gasteiger partial charge in [-0.05, 0) is 59.2 Å². The average Bonchev–Trinajstić information content (AvgIpc) is 2.66. The van der Waals surface area contributed by atoms with E-state index < -0.39 is 0 Å². The van der Waals surface area contributed by atoms with Gasteiger partial charge in [-0.15, -0.1) is 0 Å². The SMILES string of the molecule is Cc1cc(-c2cc3c(c(Cc4ccccc4)c2)CC(=O)CC3)cn(C)c1=O. The molecule has 3 heteroatoms. The second kappa shape index (κ2) is 6.99. The number of pyridine rings is 1. The van der Waals surface area contributed by atoms with Gasteiger partial charge in [0.05, 0.1) is 0 Å². The number of benzene rings is 2. The van der Waals surface area contributed by atoms with Crippen molar-refractivity contribution in [3.05, 3.63) is 92.9 Å². The van der Waals surface area contributed by atoms with Crippen LogP contribution in [-0.2, 0) is 31.1 Å². The van der Waals surface area contributed by atoms with Gasteiger partial charge in [-0.1, -0.05) is 42.5 Å². The standard InChI is InChI=1S/C24H23NO2/c1-16-10-21(15-25(2)24(16)27)19-12-18-8-9-22(26)14-23(18)20(13-19)11-17-6-4-3-5-7-17/h3-7,10,12-13,15H,8-9,11,14H2,1-2H3. The molecule has 1 aromatic heterocycles. The van der Waals surface area contributed by atoms with Crippen molar-refractivity contribution in [2.45, 2.75) is 32.6 Å². The normalized spacial score (nSPS) is 13.5. The molecule has 0 spiro atoms. The minimum absolute atomic E-state index is 0.0341. The molecule has 27 heavy (non-hydrogen) atoms. The topological polar surface area (TPSA) is 39.1 Å². The zero-order valence-electron chi connectivity index (χ0n) is 15.8. The quantitative estimate of drug-likeness (QED) is 0.710. The van der Waals surface area contributed by atoms with Crippen molar-refractivity contribution in [2.75, 3.05) is 0 Å². The fourth-order valence-electron chi connectivity index (χ4n) is 3.98. The number of aryl methyl sites for hydroxylation is 3. The molecule has 0 bridgehead atoms. The monoisotopic (exact) mass is 357 g/mol. The van der Waals surface area contributed by atoms with Crippen LogP contribution in [0.25, 0.3) is 11.1 Å². The Balaban J connectivity index is 1.85. The Kier molecular flexibility index (Phi) is 4.53. The summed E-state index contributed by atoms with van der Waals surface area (Å²) in [5, 5.41) is 0. The molecular weight excluding hydrogens is 334 g/mol. The van der Waals surface area contributed by atoms with Crippen LogP contribution in [0.2, 0.25) is 0 Å². The van der Waals surface area contributed by atoms with Crippen LogP contribution in [0, 0.1) is 6.92 Å². The van der Waals surface area contributed by atoms with E-state index in [1.54, 1.807) is 11.6 Å².